The molecule has 0 saturated carbocycles. The van der Waals surface area contributed by atoms with E-state index in [0.29, 0.717) is 11.1 Å². The minimum Gasteiger partial charge on any atom is -0.507 e. The Bertz CT molecular complexity index is 756. The van der Waals surface area contributed by atoms with Gasteiger partial charge in [-0.15, -0.1) is 0 Å². The van der Waals surface area contributed by atoms with E-state index >= 15 is 0 Å². The van der Waals surface area contributed by atoms with Crippen molar-refractivity contribution in [2.24, 2.45) is 0 Å². The van der Waals surface area contributed by atoms with E-state index in [1.54, 1.807) is 24.3 Å². The first kappa shape index (κ1) is 18.1. The van der Waals surface area contributed by atoms with E-state index in [0.717, 1.165) is 5.56 Å². The van der Waals surface area contributed by atoms with Crippen molar-refractivity contribution in [1.82, 2.24) is 5.32 Å². The molecule has 0 aliphatic carbocycles. The molecule has 0 aliphatic rings. The first-order valence-electron chi connectivity index (χ1n) is 7.69. The van der Waals surface area contributed by atoms with Gasteiger partial charge < -0.3 is 20.3 Å². The Labute approximate surface area is 145 Å². The van der Waals surface area contributed by atoms with Gasteiger partial charge in [0.1, 0.15) is 12.4 Å². The highest BCUT2D eigenvalue weighted by molar-refractivity contribution is 5.71. The number of amides is 1. The number of benzene rings is 2. The largest absolute Gasteiger partial charge is 0.507 e. The number of rotatable bonds is 7. The topological polar surface area (TPSA) is 95.9 Å². The van der Waals surface area contributed by atoms with Crippen LogP contribution in [0.2, 0.25) is 0 Å². The molecule has 6 heteroatoms. The molecule has 2 aromatic rings. The monoisotopic (exact) mass is 341 g/mol. The standard InChI is InChI=1S/C19H19NO5/c21-17-9-8-15(12-18(22)23)11-16(17)7-4-10-20-19(24)25-13-14-5-2-1-3-6-14/h1-9,11,21H,10,12-13H2,(H,20,24)(H,22,23). The number of carboxylic acids is 1. The molecule has 0 aromatic heterocycles. The van der Waals surface area contributed by atoms with Crippen LogP contribution in [0.4, 0.5) is 4.79 Å². The Hall–Kier alpha value is -3.28. The van der Waals surface area contributed by atoms with Gasteiger partial charge in [0.25, 0.3) is 0 Å². The van der Waals surface area contributed by atoms with Gasteiger partial charge in [-0.1, -0.05) is 48.6 Å². The van der Waals surface area contributed by atoms with Crippen molar-refractivity contribution < 1.29 is 24.5 Å². The van der Waals surface area contributed by atoms with Gasteiger partial charge >= 0.3 is 12.1 Å². The SMILES string of the molecule is O=C(O)Cc1ccc(O)c(C=CCNC(=O)OCc2ccccc2)c1. The van der Waals surface area contributed by atoms with Crippen LogP contribution in [0, 0.1) is 0 Å². The Morgan fingerprint density at radius 2 is 1.84 bits per heavy atom. The number of carboxylic acid groups (broad SMARTS) is 1. The number of alkyl carbamates (subject to hydrolysis) is 1. The minimum atomic E-state index is -0.941. The lowest BCUT2D eigenvalue weighted by atomic mass is 10.1. The molecule has 0 saturated heterocycles. The van der Waals surface area contributed by atoms with Crippen molar-refractivity contribution in [2.45, 2.75) is 13.0 Å². The highest BCUT2D eigenvalue weighted by Crippen LogP contribution is 2.20. The first-order chi connectivity index (χ1) is 12.0. The second-order valence-electron chi connectivity index (χ2n) is 5.31. The smallest absolute Gasteiger partial charge is 0.407 e. The van der Waals surface area contributed by atoms with Crippen LogP contribution in [-0.4, -0.2) is 28.8 Å². The van der Waals surface area contributed by atoms with Gasteiger partial charge in [0.15, 0.2) is 0 Å². The predicted molar refractivity (Wildman–Crippen MR) is 93.1 cm³/mol. The number of nitrogens with one attached hydrogen (secondary N) is 1. The molecule has 0 unspecified atom stereocenters. The highest BCUT2D eigenvalue weighted by Gasteiger charge is 2.04. The molecular formula is C19H19NO5. The zero-order valence-corrected chi connectivity index (χ0v) is 13.5. The van der Waals surface area contributed by atoms with Gasteiger partial charge in [-0.2, -0.15) is 0 Å². The molecule has 6 nitrogen and oxygen atoms in total. The number of aliphatic carboxylic acids is 1. The number of aromatic hydroxyl groups is 1. The van der Waals surface area contributed by atoms with E-state index in [2.05, 4.69) is 5.32 Å². The molecule has 3 N–H and O–H groups in total. The van der Waals surface area contributed by atoms with Crippen LogP contribution in [0.3, 0.4) is 0 Å². The summed E-state index contributed by atoms with van der Waals surface area (Å²) >= 11 is 0. The number of carbonyl (C=O) groups is 2. The van der Waals surface area contributed by atoms with Crippen LogP contribution in [0.5, 0.6) is 5.75 Å². The first-order valence-corrected chi connectivity index (χ1v) is 7.69. The third-order valence-electron chi connectivity index (χ3n) is 3.32. The molecule has 0 bridgehead atoms. The molecule has 25 heavy (non-hydrogen) atoms. The number of phenolic OH excluding ortho intramolecular Hbond substituents is 1. The van der Waals surface area contributed by atoms with Crippen molar-refractivity contribution in [1.29, 1.82) is 0 Å². The third kappa shape index (κ3) is 6.39. The Balaban J connectivity index is 1.80. The second kappa shape index (κ2) is 9.12. The molecular weight excluding hydrogens is 322 g/mol. The molecule has 1 amide bonds. The zero-order chi connectivity index (χ0) is 18.1. The molecule has 2 rings (SSSR count). The fourth-order valence-electron chi connectivity index (χ4n) is 2.12. The number of hydrogen-bond donors (Lipinski definition) is 3. The number of phenols is 1. The number of hydrogen-bond acceptors (Lipinski definition) is 4. The summed E-state index contributed by atoms with van der Waals surface area (Å²) in [5.74, 6) is -0.902. The summed E-state index contributed by atoms with van der Waals surface area (Å²) in [6, 6.07) is 13.9. The molecule has 130 valence electrons. The van der Waals surface area contributed by atoms with Crippen molar-refractivity contribution in [3.63, 3.8) is 0 Å². The van der Waals surface area contributed by atoms with Gasteiger partial charge in [0.2, 0.25) is 0 Å². The van der Waals surface area contributed by atoms with E-state index in [9.17, 15) is 14.7 Å². The quantitative estimate of drug-likeness (QED) is 0.719. The Morgan fingerprint density at radius 1 is 1.08 bits per heavy atom. The fraction of sp³-hybridized carbons (Fsp3) is 0.158. The Kier molecular flexibility index (Phi) is 6.59. The molecule has 0 atom stereocenters. The maximum atomic E-state index is 11.6. The van der Waals surface area contributed by atoms with E-state index in [1.165, 1.54) is 6.07 Å². The molecule has 0 aliphatic heterocycles. The maximum Gasteiger partial charge on any atom is 0.407 e. The molecule has 0 spiro atoms. The third-order valence-corrected chi connectivity index (χ3v) is 3.32. The summed E-state index contributed by atoms with van der Waals surface area (Å²) in [6.07, 6.45) is 2.59. The summed E-state index contributed by atoms with van der Waals surface area (Å²) in [4.78, 5) is 22.3. The number of ether oxygens (including phenoxy) is 1. The van der Waals surface area contributed by atoms with E-state index in [-0.39, 0.29) is 25.3 Å². The van der Waals surface area contributed by atoms with Crippen LogP contribution in [-0.2, 0) is 22.6 Å². The van der Waals surface area contributed by atoms with Crippen LogP contribution in [0.15, 0.2) is 54.6 Å². The van der Waals surface area contributed by atoms with E-state index < -0.39 is 12.1 Å². The lowest BCUT2D eigenvalue weighted by molar-refractivity contribution is -0.136. The zero-order valence-electron chi connectivity index (χ0n) is 13.5. The average molecular weight is 341 g/mol. The van der Waals surface area contributed by atoms with Gasteiger partial charge in [-0.3, -0.25) is 4.79 Å². The van der Waals surface area contributed by atoms with Gasteiger partial charge in [0.05, 0.1) is 6.42 Å². The summed E-state index contributed by atoms with van der Waals surface area (Å²) in [5.41, 5.74) is 1.96. The second-order valence-corrected chi connectivity index (χ2v) is 5.31. The van der Waals surface area contributed by atoms with Crippen molar-refractivity contribution in [3.05, 3.63) is 71.3 Å². The van der Waals surface area contributed by atoms with E-state index in [1.807, 2.05) is 30.3 Å². The lowest BCUT2D eigenvalue weighted by Gasteiger charge is -2.05. The highest BCUT2D eigenvalue weighted by atomic mass is 16.5. The van der Waals surface area contributed by atoms with Gasteiger partial charge in [-0.25, -0.2) is 4.79 Å². The Morgan fingerprint density at radius 3 is 2.56 bits per heavy atom. The number of carbonyl (C=O) groups excluding carboxylic acids is 1. The maximum absolute atomic E-state index is 11.6. The summed E-state index contributed by atoms with van der Waals surface area (Å²) < 4.78 is 5.07. The summed E-state index contributed by atoms with van der Waals surface area (Å²) in [6.45, 7) is 0.407. The molecule has 0 fully saturated rings. The summed E-state index contributed by atoms with van der Waals surface area (Å²) in [7, 11) is 0. The molecule has 0 heterocycles. The average Bonchev–Trinajstić information content (AvgIpc) is 2.60. The van der Waals surface area contributed by atoms with Crippen LogP contribution in [0.25, 0.3) is 6.08 Å². The molecule has 0 radical (unpaired) electrons. The van der Waals surface area contributed by atoms with Gasteiger partial charge in [0, 0.05) is 12.1 Å². The van der Waals surface area contributed by atoms with E-state index in [4.69, 9.17) is 9.84 Å². The lowest BCUT2D eigenvalue weighted by Crippen LogP contribution is -2.24. The van der Waals surface area contributed by atoms with Crippen LogP contribution < -0.4 is 5.32 Å². The normalized spacial score (nSPS) is 10.6. The van der Waals surface area contributed by atoms with Crippen LogP contribution in [0.1, 0.15) is 16.7 Å². The van der Waals surface area contributed by atoms with Crippen molar-refractivity contribution in [2.75, 3.05) is 6.54 Å². The van der Waals surface area contributed by atoms with Crippen molar-refractivity contribution in [3.8, 4) is 5.75 Å². The minimum absolute atomic E-state index is 0.0389. The fourth-order valence-corrected chi connectivity index (χ4v) is 2.12. The van der Waals surface area contributed by atoms with Crippen molar-refractivity contribution >= 4 is 18.1 Å². The predicted octanol–water partition coefficient (Wildman–Crippen LogP) is 2.96. The van der Waals surface area contributed by atoms with Crippen LogP contribution >= 0.6 is 0 Å². The van der Waals surface area contributed by atoms with Gasteiger partial charge in [-0.05, 0) is 23.3 Å². The summed E-state index contributed by atoms with van der Waals surface area (Å²) in [5, 5.41) is 21.1. The molecule has 2 aromatic carbocycles.